The molecule has 4 nitrogen and oxygen atoms in total. The molecule has 4 aliphatic carbocycles. The van der Waals surface area contributed by atoms with E-state index in [4.69, 9.17) is 9.47 Å². The Morgan fingerprint density at radius 2 is 1.34 bits per heavy atom. The molecule has 0 aromatic heterocycles. The zero-order valence-corrected chi connectivity index (χ0v) is 23.1. The van der Waals surface area contributed by atoms with E-state index in [1.807, 2.05) is 60.7 Å². The van der Waals surface area contributed by atoms with Crippen LogP contribution in [0.2, 0.25) is 0 Å². The Kier molecular flexibility index (Phi) is 6.64. The summed E-state index contributed by atoms with van der Waals surface area (Å²) >= 11 is 0. The van der Waals surface area contributed by atoms with Crippen molar-refractivity contribution in [3.05, 3.63) is 71.8 Å². The number of benzene rings is 2. The number of fused-ring (bicyclic) bond motifs is 5. The van der Waals surface area contributed by atoms with E-state index in [2.05, 4.69) is 20.8 Å². The normalized spacial score (nSPS) is 39.8. The maximum atomic E-state index is 12.9. The molecule has 6 rings (SSSR count). The molecular weight excluding hydrogens is 472 g/mol. The van der Waals surface area contributed by atoms with Crippen LogP contribution in [0.25, 0.3) is 0 Å². The minimum absolute atomic E-state index is 0.000512. The van der Waals surface area contributed by atoms with Crippen molar-refractivity contribution in [2.75, 3.05) is 0 Å². The highest BCUT2D eigenvalue weighted by molar-refractivity contribution is 5.90. The van der Waals surface area contributed by atoms with Crippen molar-refractivity contribution in [2.24, 2.45) is 40.4 Å². The minimum Gasteiger partial charge on any atom is -0.458 e. The van der Waals surface area contributed by atoms with E-state index in [0.717, 1.165) is 32.1 Å². The second kappa shape index (κ2) is 9.84. The number of hydrogen-bond donors (Lipinski definition) is 0. The maximum Gasteiger partial charge on any atom is 0.338 e. The molecule has 0 saturated heterocycles. The highest BCUT2D eigenvalue weighted by Crippen LogP contribution is 2.67. The summed E-state index contributed by atoms with van der Waals surface area (Å²) in [4.78, 5) is 25.7. The van der Waals surface area contributed by atoms with Gasteiger partial charge in [0.05, 0.1) is 11.1 Å². The standard InChI is InChI=1S/C34H42O4/c1-22-21-34(3)25(20-29(22)37-31(35)23-10-6-4-7-11-23)14-15-26-27-16-17-30(33(27,2)19-18-28(26)34)38-32(36)24-12-8-5-9-13-24/h4-13,22,25-30H,14-21H2,1-3H3/t22-,25+,26+,27+,28-,29-,30+,33+,34+/m1/s1. The quantitative estimate of drug-likeness (QED) is 0.392. The van der Waals surface area contributed by atoms with E-state index in [1.165, 1.54) is 19.3 Å². The van der Waals surface area contributed by atoms with Gasteiger partial charge in [0.2, 0.25) is 0 Å². The summed E-state index contributed by atoms with van der Waals surface area (Å²) in [5.41, 5.74) is 1.66. The third-order valence-corrected chi connectivity index (χ3v) is 11.4. The molecular formula is C34H42O4. The summed E-state index contributed by atoms with van der Waals surface area (Å²) in [6, 6.07) is 18.8. The number of carbonyl (C=O) groups excluding carboxylic acids is 2. The van der Waals surface area contributed by atoms with Crippen LogP contribution in [-0.4, -0.2) is 24.1 Å². The fourth-order valence-electron chi connectivity index (χ4n) is 9.44. The van der Waals surface area contributed by atoms with Gasteiger partial charge >= 0.3 is 11.9 Å². The predicted octanol–water partition coefficient (Wildman–Crippen LogP) is 7.73. The molecule has 4 fully saturated rings. The average molecular weight is 515 g/mol. The van der Waals surface area contributed by atoms with Crippen molar-refractivity contribution in [1.29, 1.82) is 0 Å². The highest BCUT2D eigenvalue weighted by Gasteiger charge is 2.62. The van der Waals surface area contributed by atoms with Gasteiger partial charge in [-0.25, -0.2) is 9.59 Å². The topological polar surface area (TPSA) is 52.6 Å². The van der Waals surface area contributed by atoms with Crippen molar-refractivity contribution in [3.8, 4) is 0 Å². The molecule has 4 heteroatoms. The molecule has 0 unspecified atom stereocenters. The Morgan fingerprint density at radius 3 is 2.00 bits per heavy atom. The van der Waals surface area contributed by atoms with Crippen LogP contribution in [0, 0.1) is 40.4 Å². The van der Waals surface area contributed by atoms with Gasteiger partial charge in [0.15, 0.2) is 0 Å². The molecule has 4 saturated carbocycles. The fourth-order valence-corrected chi connectivity index (χ4v) is 9.44. The second-order valence-electron chi connectivity index (χ2n) is 13.3. The predicted molar refractivity (Wildman–Crippen MR) is 148 cm³/mol. The van der Waals surface area contributed by atoms with Crippen LogP contribution in [0.3, 0.4) is 0 Å². The van der Waals surface area contributed by atoms with Gasteiger partial charge in [0.1, 0.15) is 12.2 Å². The lowest BCUT2D eigenvalue weighted by Crippen LogP contribution is -2.56. The summed E-state index contributed by atoms with van der Waals surface area (Å²) in [5, 5.41) is 0. The fraction of sp³-hybridized carbons (Fsp3) is 0.588. The summed E-state index contributed by atoms with van der Waals surface area (Å²) in [5.74, 6) is 2.63. The van der Waals surface area contributed by atoms with Gasteiger partial charge in [-0.1, -0.05) is 57.2 Å². The molecule has 0 aliphatic heterocycles. The van der Waals surface area contributed by atoms with E-state index in [1.54, 1.807) is 0 Å². The Balaban J connectivity index is 1.14. The van der Waals surface area contributed by atoms with Crippen molar-refractivity contribution in [2.45, 2.75) is 84.3 Å². The Labute approximate surface area is 227 Å². The lowest BCUT2D eigenvalue weighted by atomic mass is 9.44. The zero-order valence-electron chi connectivity index (χ0n) is 23.1. The molecule has 2 aromatic rings. The number of carbonyl (C=O) groups is 2. The molecule has 0 bridgehead atoms. The maximum absolute atomic E-state index is 12.9. The molecule has 0 spiro atoms. The molecule has 202 valence electrons. The number of hydrogen-bond acceptors (Lipinski definition) is 4. The zero-order chi connectivity index (χ0) is 26.5. The van der Waals surface area contributed by atoms with Crippen molar-refractivity contribution in [1.82, 2.24) is 0 Å². The first-order valence-electron chi connectivity index (χ1n) is 14.8. The van der Waals surface area contributed by atoms with Crippen LogP contribution in [-0.2, 0) is 9.47 Å². The highest BCUT2D eigenvalue weighted by atomic mass is 16.5. The van der Waals surface area contributed by atoms with E-state index >= 15 is 0 Å². The van der Waals surface area contributed by atoms with Gasteiger partial charge in [0, 0.05) is 5.41 Å². The summed E-state index contributed by atoms with van der Waals surface area (Å²) in [7, 11) is 0. The van der Waals surface area contributed by atoms with Gasteiger partial charge in [0.25, 0.3) is 0 Å². The number of ether oxygens (including phenoxy) is 2. The summed E-state index contributed by atoms with van der Waals surface area (Å²) < 4.78 is 12.3. The molecule has 38 heavy (non-hydrogen) atoms. The van der Waals surface area contributed by atoms with E-state index in [0.29, 0.717) is 40.7 Å². The van der Waals surface area contributed by atoms with E-state index in [9.17, 15) is 9.59 Å². The average Bonchev–Trinajstić information content (AvgIpc) is 3.26. The Hall–Kier alpha value is -2.62. The minimum atomic E-state index is -0.185. The smallest absolute Gasteiger partial charge is 0.338 e. The van der Waals surface area contributed by atoms with Crippen LogP contribution in [0.4, 0.5) is 0 Å². The monoisotopic (exact) mass is 514 g/mol. The lowest BCUT2D eigenvalue weighted by molar-refractivity contribution is -0.147. The van der Waals surface area contributed by atoms with Crippen molar-refractivity contribution in [3.63, 3.8) is 0 Å². The van der Waals surface area contributed by atoms with Gasteiger partial charge in [-0.2, -0.15) is 0 Å². The van der Waals surface area contributed by atoms with Crippen LogP contribution >= 0.6 is 0 Å². The van der Waals surface area contributed by atoms with Crippen molar-refractivity contribution < 1.29 is 19.1 Å². The molecule has 0 N–H and O–H groups in total. The second-order valence-corrected chi connectivity index (χ2v) is 13.3. The van der Waals surface area contributed by atoms with E-state index < -0.39 is 0 Å². The molecule has 0 heterocycles. The lowest BCUT2D eigenvalue weighted by Gasteiger charge is -2.61. The number of rotatable bonds is 4. The largest absolute Gasteiger partial charge is 0.458 e. The van der Waals surface area contributed by atoms with Crippen molar-refractivity contribution >= 4 is 11.9 Å². The molecule has 2 aromatic carbocycles. The van der Waals surface area contributed by atoms with Gasteiger partial charge < -0.3 is 9.47 Å². The first kappa shape index (κ1) is 25.6. The van der Waals surface area contributed by atoms with E-state index in [-0.39, 0.29) is 35.0 Å². The molecule has 9 atom stereocenters. The first-order valence-corrected chi connectivity index (χ1v) is 14.8. The Bertz CT molecular complexity index is 1160. The van der Waals surface area contributed by atoms with Crippen LogP contribution in [0.1, 0.15) is 92.9 Å². The third kappa shape index (κ3) is 4.28. The van der Waals surface area contributed by atoms with Crippen LogP contribution < -0.4 is 0 Å². The van der Waals surface area contributed by atoms with Crippen LogP contribution in [0.15, 0.2) is 60.7 Å². The first-order chi connectivity index (χ1) is 18.3. The van der Waals surface area contributed by atoms with Gasteiger partial charge in [-0.15, -0.1) is 0 Å². The molecule has 0 radical (unpaired) electrons. The third-order valence-electron chi connectivity index (χ3n) is 11.4. The number of esters is 2. The van der Waals surface area contributed by atoms with Crippen LogP contribution in [0.5, 0.6) is 0 Å². The summed E-state index contributed by atoms with van der Waals surface area (Å²) in [6.45, 7) is 7.24. The van der Waals surface area contributed by atoms with Gasteiger partial charge in [-0.05, 0) is 111 Å². The van der Waals surface area contributed by atoms with Gasteiger partial charge in [-0.3, -0.25) is 0 Å². The molecule has 0 amide bonds. The molecule has 4 aliphatic rings. The Morgan fingerprint density at radius 1 is 0.737 bits per heavy atom. The summed E-state index contributed by atoms with van der Waals surface area (Å²) in [6.07, 6.45) is 9.08. The SMILES string of the molecule is C[C@@H]1C[C@@]2(C)[C@@H](CC[C@@H]3[C@H]2CC[C@]2(C)[C@@H](OC(=O)c4ccccc4)CC[C@@H]32)C[C@H]1OC(=O)c1ccccc1.